The lowest BCUT2D eigenvalue weighted by Crippen LogP contribution is -2.33. The van der Waals surface area contributed by atoms with Crippen molar-refractivity contribution in [2.45, 2.75) is 27.2 Å². The van der Waals surface area contributed by atoms with Gasteiger partial charge in [-0.05, 0) is 43.0 Å². The molecule has 0 bridgehead atoms. The fourth-order valence-electron chi connectivity index (χ4n) is 1.98. The summed E-state index contributed by atoms with van der Waals surface area (Å²) < 4.78 is 0. The van der Waals surface area contributed by atoms with Crippen LogP contribution in [0.5, 0.6) is 0 Å². The third-order valence-corrected chi connectivity index (χ3v) is 3.15. The number of aliphatic carboxylic acids is 1. The van der Waals surface area contributed by atoms with Gasteiger partial charge in [-0.15, -0.1) is 0 Å². The Bertz CT molecular complexity index is 498. The van der Waals surface area contributed by atoms with Crippen LogP contribution in [0.2, 0.25) is 0 Å². The van der Waals surface area contributed by atoms with Gasteiger partial charge in [-0.1, -0.05) is 13.8 Å². The van der Waals surface area contributed by atoms with Crippen LogP contribution in [0.25, 0.3) is 0 Å². The first kappa shape index (κ1) is 16.0. The Labute approximate surface area is 119 Å². The van der Waals surface area contributed by atoms with Crippen molar-refractivity contribution in [1.82, 2.24) is 5.32 Å². The molecule has 0 spiro atoms. The van der Waals surface area contributed by atoms with Gasteiger partial charge >= 0.3 is 5.97 Å². The smallest absolute Gasteiger partial charge is 0.308 e. The summed E-state index contributed by atoms with van der Waals surface area (Å²) in [4.78, 5) is 23.1. The highest BCUT2D eigenvalue weighted by Crippen LogP contribution is 2.14. The van der Waals surface area contributed by atoms with E-state index in [1.165, 1.54) is 0 Å². The zero-order chi connectivity index (χ0) is 15.3. The third kappa shape index (κ3) is 4.57. The van der Waals surface area contributed by atoms with Gasteiger partial charge in [0.25, 0.3) is 5.91 Å². The molecule has 1 aromatic rings. The number of hydrogen-bond acceptors (Lipinski definition) is 3. The highest BCUT2D eigenvalue weighted by molar-refractivity contribution is 5.95. The maximum atomic E-state index is 12.0. The van der Waals surface area contributed by atoms with E-state index in [-0.39, 0.29) is 18.4 Å². The topological polar surface area (TPSA) is 92.4 Å². The number of nitrogens with one attached hydrogen (secondary N) is 1. The minimum atomic E-state index is -0.882. The predicted molar refractivity (Wildman–Crippen MR) is 78.5 cm³/mol. The van der Waals surface area contributed by atoms with Crippen molar-refractivity contribution in [2.24, 2.45) is 11.8 Å². The molecule has 0 aliphatic heterocycles. The van der Waals surface area contributed by atoms with Gasteiger partial charge < -0.3 is 16.2 Å². The van der Waals surface area contributed by atoms with Crippen molar-refractivity contribution in [3.05, 3.63) is 29.3 Å². The van der Waals surface area contributed by atoms with E-state index in [9.17, 15) is 9.59 Å². The third-order valence-electron chi connectivity index (χ3n) is 3.15. The monoisotopic (exact) mass is 278 g/mol. The molecule has 5 heteroatoms. The van der Waals surface area contributed by atoms with E-state index in [4.69, 9.17) is 10.8 Å². The summed E-state index contributed by atoms with van der Waals surface area (Å²) in [5.74, 6) is -1.45. The Morgan fingerprint density at radius 2 is 2.00 bits per heavy atom. The Balaban J connectivity index is 2.65. The molecule has 0 aromatic heterocycles. The highest BCUT2D eigenvalue weighted by atomic mass is 16.4. The lowest BCUT2D eigenvalue weighted by molar-refractivity contribution is -0.142. The molecular weight excluding hydrogens is 256 g/mol. The number of amides is 1. The second kappa shape index (κ2) is 6.93. The fraction of sp³-hybridized carbons (Fsp3) is 0.467. The Morgan fingerprint density at radius 1 is 1.35 bits per heavy atom. The molecule has 0 radical (unpaired) electrons. The number of carbonyl (C=O) groups excluding carboxylic acids is 1. The number of carbonyl (C=O) groups is 2. The summed E-state index contributed by atoms with van der Waals surface area (Å²) in [5.41, 5.74) is 7.65. The summed E-state index contributed by atoms with van der Waals surface area (Å²) in [7, 11) is 0. The maximum Gasteiger partial charge on any atom is 0.308 e. The molecule has 0 heterocycles. The van der Waals surface area contributed by atoms with E-state index in [1.54, 1.807) is 18.2 Å². The molecule has 1 aromatic carbocycles. The number of carboxylic acid groups (broad SMARTS) is 1. The van der Waals surface area contributed by atoms with E-state index in [2.05, 4.69) is 5.32 Å². The van der Waals surface area contributed by atoms with Crippen LogP contribution in [0.1, 0.15) is 36.2 Å². The van der Waals surface area contributed by atoms with E-state index >= 15 is 0 Å². The number of aryl methyl sites for hydroxylation is 1. The first-order valence-electron chi connectivity index (χ1n) is 6.68. The van der Waals surface area contributed by atoms with Crippen LogP contribution in [-0.4, -0.2) is 23.5 Å². The summed E-state index contributed by atoms with van der Waals surface area (Å²) >= 11 is 0. The number of benzene rings is 1. The predicted octanol–water partition coefficient (Wildman–Crippen LogP) is 2.05. The molecule has 110 valence electrons. The van der Waals surface area contributed by atoms with Gasteiger partial charge in [0, 0.05) is 17.8 Å². The molecule has 20 heavy (non-hydrogen) atoms. The number of nitrogen functional groups attached to an aromatic ring is 1. The van der Waals surface area contributed by atoms with Crippen molar-refractivity contribution < 1.29 is 14.7 Å². The van der Waals surface area contributed by atoms with Crippen LogP contribution in [0, 0.1) is 18.8 Å². The van der Waals surface area contributed by atoms with Crippen LogP contribution < -0.4 is 11.1 Å². The van der Waals surface area contributed by atoms with Crippen molar-refractivity contribution in [2.75, 3.05) is 12.3 Å². The summed E-state index contributed by atoms with van der Waals surface area (Å²) in [6.45, 7) is 5.88. The maximum absolute atomic E-state index is 12.0. The molecule has 0 saturated carbocycles. The molecule has 1 unspecified atom stereocenters. The van der Waals surface area contributed by atoms with Crippen molar-refractivity contribution in [1.29, 1.82) is 0 Å². The minimum absolute atomic E-state index is 0.135. The summed E-state index contributed by atoms with van der Waals surface area (Å²) in [6, 6.07) is 5.01. The Kier molecular flexibility index (Phi) is 5.55. The molecule has 4 N–H and O–H groups in total. The van der Waals surface area contributed by atoms with E-state index in [1.807, 2.05) is 20.8 Å². The van der Waals surface area contributed by atoms with E-state index < -0.39 is 11.9 Å². The SMILES string of the molecule is Cc1cc(C(=O)NCC(CC(C)C)C(=O)O)ccc1N. The molecular formula is C15H22N2O3. The summed E-state index contributed by atoms with van der Waals surface area (Å²) in [5, 5.41) is 11.8. The van der Waals surface area contributed by atoms with Gasteiger partial charge in [0.15, 0.2) is 0 Å². The lowest BCUT2D eigenvalue weighted by Gasteiger charge is -2.15. The first-order valence-corrected chi connectivity index (χ1v) is 6.68. The molecule has 1 amide bonds. The quantitative estimate of drug-likeness (QED) is 0.694. The van der Waals surface area contributed by atoms with Gasteiger partial charge in [-0.25, -0.2) is 0 Å². The van der Waals surface area contributed by atoms with Crippen LogP contribution in [0.15, 0.2) is 18.2 Å². The zero-order valence-corrected chi connectivity index (χ0v) is 12.1. The van der Waals surface area contributed by atoms with Crippen LogP contribution >= 0.6 is 0 Å². The Hall–Kier alpha value is -2.04. The van der Waals surface area contributed by atoms with Gasteiger partial charge in [0.05, 0.1) is 5.92 Å². The number of anilines is 1. The Morgan fingerprint density at radius 3 is 2.50 bits per heavy atom. The van der Waals surface area contributed by atoms with Crippen molar-refractivity contribution in [3.63, 3.8) is 0 Å². The first-order chi connectivity index (χ1) is 9.31. The highest BCUT2D eigenvalue weighted by Gasteiger charge is 2.20. The summed E-state index contributed by atoms with van der Waals surface area (Å²) in [6.07, 6.45) is 0.538. The largest absolute Gasteiger partial charge is 0.481 e. The molecule has 0 saturated heterocycles. The normalized spacial score (nSPS) is 12.2. The fourth-order valence-corrected chi connectivity index (χ4v) is 1.98. The van der Waals surface area contributed by atoms with E-state index in [0.29, 0.717) is 17.7 Å². The standard InChI is InChI=1S/C15H22N2O3/c1-9(2)6-12(15(19)20)8-17-14(18)11-4-5-13(16)10(3)7-11/h4-5,7,9,12H,6,8,16H2,1-3H3,(H,17,18)(H,19,20). The van der Waals surface area contributed by atoms with Crippen LogP contribution in [-0.2, 0) is 4.79 Å². The van der Waals surface area contributed by atoms with Gasteiger partial charge in [-0.2, -0.15) is 0 Å². The molecule has 0 fully saturated rings. The second-order valence-electron chi connectivity index (χ2n) is 5.45. The molecule has 0 aliphatic rings. The van der Waals surface area contributed by atoms with Crippen LogP contribution in [0.3, 0.4) is 0 Å². The zero-order valence-electron chi connectivity index (χ0n) is 12.1. The van der Waals surface area contributed by atoms with Crippen molar-refractivity contribution in [3.8, 4) is 0 Å². The molecule has 1 rings (SSSR count). The van der Waals surface area contributed by atoms with Crippen molar-refractivity contribution >= 4 is 17.6 Å². The molecule has 1 atom stereocenters. The van der Waals surface area contributed by atoms with Crippen LogP contribution in [0.4, 0.5) is 5.69 Å². The lowest BCUT2D eigenvalue weighted by atomic mass is 9.97. The second-order valence-corrected chi connectivity index (χ2v) is 5.45. The minimum Gasteiger partial charge on any atom is -0.481 e. The van der Waals surface area contributed by atoms with E-state index in [0.717, 1.165) is 5.56 Å². The molecule has 0 aliphatic carbocycles. The van der Waals surface area contributed by atoms with Gasteiger partial charge in [0.1, 0.15) is 0 Å². The number of rotatable bonds is 6. The van der Waals surface area contributed by atoms with Gasteiger partial charge in [-0.3, -0.25) is 9.59 Å². The molecule has 5 nitrogen and oxygen atoms in total. The average molecular weight is 278 g/mol. The number of nitrogens with two attached hydrogens (primary N) is 1. The average Bonchev–Trinajstić information content (AvgIpc) is 2.36. The number of hydrogen-bond donors (Lipinski definition) is 3. The number of carboxylic acids is 1. The van der Waals surface area contributed by atoms with Gasteiger partial charge in [0.2, 0.25) is 0 Å².